The number of aromatic nitrogens is 1. The Morgan fingerprint density at radius 1 is 0.977 bits per heavy atom. The van der Waals surface area contributed by atoms with Crippen LogP contribution in [0.3, 0.4) is 0 Å². The van der Waals surface area contributed by atoms with Gasteiger partial charge in [-0.15, -0.1) is 0 Å². The predicted molar refractivity (Wildman–Crippen MR) is 171 cm³/mol. The molecule has 6 rings (SSSR count). The minimum Gasteiger partial charge on any atom is -0.351 e. The Bertz CT molecular complexity index is 1520. The van der Waals surface area contributed by atoms with Gasteiger partial charge < -0.3 is 10.2 Å². The van der Waals surface area contributed by atoms with Crippen LogP contribution in [-0.4, -0.2) is 52.9 Å². The van der Waals surface area contributed by atoms with E-state index >= 15 is 0 Å². The van der Waals surface area contributed by atoms with Crippen LogP contribution < -0.4 is 10.6 Å². The summed E-state index contributed by atoms with van der Waals surface area (Å²) in [5, 5.41) is 7.40. The molecule has 4 aromatic rings. The molecule has 1 aliphatic carbocycles. The minimum absolute atomic E-state index is 0.0169. The lowest BCUT2D eigenvalue weighted by molar-refractivity contribution is -0.134. The number of amides is 2. The molecule has 0 bridgehead atoms. The molecule has 7 heteroatoms. The van der Waals surface area contributed by atoms with Crippen LogP contribution in [0.2, 0.25) is 5.02 Å². The van der Waals surface area contributed by atoms with E-state index in [1.165, 1.54) is 17.2 Å². The van der Waals surface area contributed by atoms with Crippen molar-refractivity contribution >= 4 is 29.5 Å². The molecule has 1 saturated carbocycles. The second kappa shape index (κ2) is 12.9. The van der Waals surface area contributed by atoms with E-state index in [0.29, 0.717) is 31.1 Å². The number of nitrogens with one attached hydrogen (secondary N) is 2. The third-order valence-electron chi connectivity index (χ3n) is 8.51. The summed E-state index contributed by atoms with van der Waals surface area (Å²) in [4.78, 5) is 33.8. The molecular formula is C36H35ClN4O2. The molecule has 43 heavy (non-hydrogen) atoms. The molecular weight excluding hydrogens is 556 g/mol. The quantitative estimate of drug-likeness (QED) is 0.241. The van der Waals surface area contributed by atoms with Crippen LogP contribution in [0.25, 0.3) is 6.08 Å². The molecule has 2 aliphatic rings. The first-order valence-electron chi connectivity index (χ1n) is 14.8. The Balaban J connectivity index is 1.21. The van der Waals surface area contributed by atoms with Gasteiger partial charge in [-0.25, -0.2) is 0 Å². The van der Waals surface area contributed by atoms with Crippen LogP contribution in [0, 0.1) is 0 Å². The first-order valence-corrected chi connectivity index (χ1v) is 15.2. The van der Waals surface area contributed by atoms with Crippen molar-refractivity contribution < 1.29 is 9.59 Å². The second-order valence-electron chi connectivity index (χ2n) is 11.4. The number of halogens is 1. The molecule has 1 aliphatic heterocycles. The fourth-order valence-electron chi connectivity index (χ4n) is 6.14. The number of hydrogen-bond donors (Lipinski definition) is 2. The van der Waals surface area contributed by atoms with Gasteiger partial charge in [0.1, 0.15) is 5.54 Å². The highest BCUT2D eigenvalue weighted by Gasteiger charge is 2.64. The monoisotopic (exact) mass is 590 g/mol. The van der Waals surface area contributed by atoms with E-state index < -0.39 is 5.54 Å². The topological polar surface area (TPSA) is 74.3 Å². The third-order valence-corrected chi connectivity index (χ3v) is 8.76. The summed E-state index contributed by atoms with van der Waals surface area (Å²) in [7, 11) is 0. The highest BCUT2D eigenvalue weighted by Crippen LogP contribution is 2.53. The first kappa shape index (κ1) is 28.8. The Kier molecular flexibility index (Phi) is 8.68. The molecule has 3 aromatic carbocycles. The van der Waals surface area contributed by atoms with E-state index in [1.54, 1.807) is 24.4 Å². The van der Waals surface area contributed by atoms with Gasteiger partial charge in [0, 0.05) is 60.5 Å². The maximum Gasteiger partial charge on any atom is 0.244 e. The SMILES string of the molecule is O=C(/C=C/c1ccc(Cl)cc1)NC[C@@H]1CCN(CC(c2ccccc2)c2ccccc2)C(=O)C2(CC2c2ccccn2)N1. The van der Waals surface area contributed by atoms with Crippen molar-refractivity contribution in [2.45, 2.75) is 36.3 Å². The van der Waals surface area contributed by atoms with Crippen molar-refractivity contribution in [2.75, 3.05) is 19.6 Å². The van der Waals surface area contributed by atoms with Gasteiger partial charge in [0.25, 0.3) is 0 Å². The highest BCUT2D eigenvalue weighted by atomic mass is 35.5. The smallest absolute Gasteiger partial charge is 0.244 e. The zero-order valence-corrected chi connectivity index (χ0v) is 24.7. The summed E-state index contributed by atoms with van der Waals surface area (Å²) in [6.45, 7) is 1.59. The standard InChI is InChI=1S/C36H35ClN4O2/c37-29-17-14-26(15-18-29)16-19-34(42)39-24-30-20-22-41(35(43)36(40-30)23-32(36)33-13-7-8-21-38-33)25-31(27-9-3-1-4-10-27)28-11-5-2-6-12-28/h1-19,21,30-32,40H,20,22-25H2,(H,39,42)/b19-16+/t30-,32?,36?/m0/s1. The van der Waals surface area contributed by atoms with Crippen LogP contribution in [0.5, 0.6) is 0 Å². The molecule has 1 spiro atoms. The van der Waals surface area contributed by atoms with E-state index in [9.17, 15) is 9.59 Å². The molecule has 0 radical (unpaired) electrons. The van der Waals surface area contributed by atoms with E-state index in [-0.39, 0.29) is 29.7 Å². The summed E-state index contributed by atoms with van der Waals surface area (Å²) in [5.74, 6) is -0.0404. The Morgan fingerprint density at radius 3 is 2.30 bits per heavy atom. The molecule has 1 aromatic heterocycles. The van der Waals surface area contributed by atoms with E-state index in [4.69, 9.17) is 11.6 Å². The number of rotatable bonds is 9. The average molecular weight is 591 g/mol. The fourth-order valence-corrected chi connectivity index (χ4v) is 6.27. The van der Waals surface area contributed by atoms with Gasteiger partial charge >= 0.3 is 0 Å². The number of hydrogen-bond acceptors (Lipinski definition) is 4. The van der Waals surface area contributed by atoms with E-state index in [1.807, 2.05) is 47.4 Å². The molecule has 1 saturated heterocycles. The van der Waals surface area contributed by atoms with Gasteiger partial charge in [0.2, 0.25) is 11.8 Å². The molecule has 2 N–H and O–H groups in total. The zero-order valence-electron chi connectivity index (χ0n) is 23.9. The zero-order chi connectivity index (χ0) is 29.6. The van der Waals surface area contributed by atoms with Crippen molar-refractivity contribution in [1.29, 1.82) is 0 Å². The number of carbonyl (C=O) groups is 2. The van der Waals surface area contributed by atoms with Gasteiger partial charge in [-0.2, -0.15) is 0 Å². The van der Waals surface area contributed by atoms with Gasteiger partial charge in [0.15, 0.2) is 0 Å². The predicted octanol–water partition coefficient (Wildman–Crippen LogP) is 5.81. The number of carbonyl (C=O) groups excluding carboxylic acids is 2. The number of pyridine rings is 1. The molecule has 3 atom stereocenters. The normalized spacial score (nSPS) is 21.7. The van der Waals surface area contributed by atoms with Crippen LogP contribution in [0.4, 0.5) is 0 Å². The summed E-state index contributed by atoms with van der Waals surface area (Å²) in [6.07, 6.45) is 6.49. The van der Waals surface area contributed by atoms with Crippen molar-refractivity contribution in [2.24, 2.45) is 0 Å². The van der Waals surface area contributed by atoms with Gasteiger partial charge in [-0.3, -0.25) is 19.9 Å². The van der Waals surface area contributed by atoms with Gasteiger partial charge in [-0.1, -0.05) is 90.5 Å². The third kappa shape index (κ3) is 6.71. The van der Waals surface area contributed by atoms with Crippen LogP contribution in [0.15, 0.2) is 115 Å². The van der Waals surface area contributed by atoms with Crippen molar-refractivity contribution in [3.05, 3.63) is 143 Å². The van der Waals surface area contributed by atoms with Gasteiger partial charge in [-0.05, 0) is 59.9 Å². The molecule has 6 nitrogen and oxygen atoms in total. The Hall–Kier alpha value is -4.26. The van der Waals surface area contributed by atoms with Crippen LogP contribution >= 0.6 is 11.6 Å². The maximum absolute atomic E-state index is 14.4. The molecule has 2 fully saturated rings. The largest absolute Gasteiger partial charge is 0.351 e. The van der Waals surface area contributed by atoms with E-state index in [2.05, 4.69) is 64.1 Å². The average Bonchev–Trinajstić information content (AvgIpc) is 3.81. The lowest BCUT2D eigenvalue weighted by Crippen LogP contribution is -2.52. The molecule has 2 heterocycles. The van der Waals surface area contributed by atoms with Gasteiger partial charge in [0.05, 0.1) is 0 Å². The lowest BCUT2D eigenvalue weighted by Gasteiger charge is -2.30. The summed E-state index contributed by atoms with van der Waals surface area (Å²) in [6, 6.07) is 33.9. The Labute approximate surface area is 257 Å². The summed E-state index contributed by atoms with van der Waals surface area (Å²) >= 11 is 5.97. The summed E-state index contributed by atoms with van der Waals surface area (Å²) in [5.41, 5.74) is 3.44. The van der Waals surface area contributed by atoms with Crippen LogP contribution in [-0.2, 0) is 9.59 Å². The van der Waals surface area contributed by atoms with E-state index in [0.717, 1.165) is 17.7 Å². The second-order valence-corrected chi connectivity index (χ2v) is 11.8. The Morgan fingerprint density at radius 2 is 1.65 bits per heavy atom. The summed E-state index contributed by atoms with van der Waals surface area (Å²) < 4.78 is 0. The molecule has 2 unspecified atom stereocenters. The van der Waals surface area contributed by atoms with Crippen molar-refractivity contribution in [3.8, 4) is 0 Å². The lowest BCUT2D eigenvalue weighted by atomic mass is 9.90. The maximum atomic E-state index is 14.4. The fraction of sp³-hybridized carbons (Fsp3) is 0.250. The molecule has 2 amide bonds. The van der Waals surface area contributed by atoms with Crippen molar-refractivity contribution in [3.63, 3.8) is 0 Å². The highest BCUT2D eigenvalue weighted by molar-refractivity contribution is 6.30. The van der Waals surface area contributed by atoms with Crippen LogP contribution in [0.1, 0.15) is 47.1 Å². The van der Waals surface area contributed by atoms with Crippen molar-refractivity contribution in [1.82, 2.24) is 20.5 Å². The molecule has 218 valence electrons. The number of benzene rings is 3. The minimum atomic E-state index is -0.739. The number of nitrogens with zero attached hydrogens (tertiary/aromatic N) is 2. The first-order chi connectivity index (χ1) is 21.0.